The van der Waals surface area contributed by atoms with Gasteiger partial charge in [-0.3, -0.25) is 0 Å². The maximum atomic E-state index is 8.37. The molecule has 2 heteroatoms. The Morgan fingerprint density at radius 2 is 1.71 bits per heavy atom. The quantitative estimate of drug-likeness (QED) is 0.185. The molecule has 0 fully saturated rings. The Hall–Kier alpha value is -1.05. The number of nitrogens with zero attached hydrogens (tertiary/aromatic N) is 1. The van der Waals surface area contributed by atoms with Gasteiger partial charge in [0.15, 0.2) is 0 Å². The number of unbranched alkanes of at least 4 members (excludes halogenated alkanes) is 6. The van der Waals surface area contributed by atoms with E-state index in [9.17, 15) is 0 Å². The molecular formula is C15H27NO. The minimum atomic E-state index is 0.945. The summed E-state index contributed by atoms with van der Waals surface area (Å²) >= 11 is 0. The lowest BCUT2D eigenvalue weighted by Gasteiger charge is -2.02. The molecule has 2 nitrogen and oxygen atoms in total. The highest BCUT2D eigenvalue weighted by Crippen LogP contribution is 2.12. The van der Waals surface area contributed by atoms with Crippen molar-refractivity contribution in [3.8, 4) is 0 Å². The van der Waals surface area contributed by atoms with Crippen LogP contribution in [-0.4, -0.2) is 11.4 Å². The SMILES string of the molecule is C=C(/C=C(C)/C=N/O)CCCCCCCCC. The van der Waals surface area contributed by atoms with Crippen LogP contribution < -0.4 is 0 Å². The number of hydrogen-bond donors (Lipinski definition) is 1. The zero-order valence-electron chi connectivity index (χ0n) is 11.4. The van der Waals surface area contributed by atoms with Crippen LogP contribution in [0.4, 0.5) is 0 Å². The molecule has 0 atom stereocenters. The summed E-state index contributed by atoms with van der Waals surface area (Å²) in [5.74, 6) is 0. The van der Waals surface area contributed by atoms with E-state index in [0.717, 1.165) is 17.6 Å². The second-order valence-electron chi connectivity index (χ2n) is 4.66. The molecule has 0 heterocycles. The molecule has 0 rings (SSSR count). The van der Waals surface area contributed by atoms with Gasteiger partial charge in [-0.1, -0.05) is 68.8 Å². The summed E-state index contributed by atoms with van der Waals surface area (Å²) in [6, 6.07) is 0. The average molecular weight is 237 g/mol. The topological polar surface area (TPSA) is 32.6 Å². The maximum absolute atomic E-state index is 8.37. The second kappa shape index (κ2) is 11.4. The van der Waals surface area contributed by atoms with Crippen LogP contribution in [0.2, 0.25) is 0 Å². The maximum Gasteiger partial charge on any atom is 0.0690 e. The molecule has 0 aliphatic carbocycles. The highest BCUT2D eigenvalue weighted by Gasteiger charge is 1.94. The van der Waals surface area contributed by atoms with Crippen LogP contribution in [0.15, 0.2) is 29.0 Å². The Bertz CT molecular complexity index is 254. The van der Waals surface area contributed by atoms with Gasteiger partial charge in [-0.15, -0.1) is 0 Å². The fraction of sp³-hybridized carbons (Fsp3) is 0.667. The molecule has 0 aromatic rings. The normalized spacial score (nSPS) is 12.2. The van der Waals surface area contributed by atoms with E-state index in [1.165, 1.54) is 51.2 Å². The van der Waals surface area contributed by atoms with Crippen molar-refractivity contribution in [2.45, 2.75) is 65.2 Å². The first kappa shape index (κ1) is 16.0. The van der Waals surface area contributed by atoms with Crippen molar-refractivity contribution in [3.63, 3.8) is 0 Å². The summed E-state index contributed by atoms with van der Waals surface area (Å²) in [5, 5.41) is 11.4. The number of hydrogen-bond acceptors (Lipinski definition) is 2. The molecule has 0 aromatic heterocycles. The molecule has 0 saturated heterocycles. The smallest absolute Gasteiger partial charge is 0.0690 e. The minimum absolute atomic E-state index is 0.945. The summed E-state index contributed by atoms with van der Waals surface area (Å²) in [6.07, 6.45) is 13.7. The monoisotopic (exact) mass is 237 g/mol. The molecule has 17 heavy (non-hydrogen) atoms. The van der Waals surface area contributed by atoms with Gasteiger partial charge in [0.2, 0.25) is 0 Å². The van der Waals surface area contributed by atoms with Gasteiger partial charge in [0.05, 0.1) is 6.21 Å². The summed E-state index contributed by atoms with van der Waals surface area (Å²) in [6.45, 7) is 8.16. The molecule has 0 unspecified atom stereocenters. The zero-order chi connectivity index (χ0) is 12.9. The van der Waals surface area contributed by atoms with E-state index in [-0.39, 0.29) is 0 Å². The lowest BCUT2D eigenvalue weighted by molar-refractivity contribution is 0.321. The third kappa shape index (κ3) is 11.2. The van der Waals surface area contributed by atoms with Crippen molar-refractivity contribution in [2.75, 3.05) is 0 Å². The van der Waals surface area contributed by atoms with Crippen LogP contribution in [0.3, 0.4) is 0 Å². The molecule has 1 N–H and O–H groups in total. The third-order valence-corrected chi connectivity index (χ3v) is 2.79. The highest BCUT2D eigenvalue weighted by atomic mass is 16.4. The van der Waals surface area contributed by atoms with Crippen molar-refractivity contribution in [1.29, 1.82) is 0 Å². The van der Waals surface area contributed by atoms with E-state index in [4.69, 9.17) is 5.21 Å². The van der Waals surface area contributed by atoms with Gasteiger partial charge in [-0.25, -0.2) is 0 Å². The van der Waals surface area contributed by atoms with Crippen LogP contribution in [-0.2, 0) is 0 Å². The standard InChI is InChI=1S/C15H27NO/c1-4-5-6-7-8-9-10-11-14(2)12-15(3)13-16-17/h12-13,17H,2,4-11H2,1,3H3/b15-12+,16-13+. The van der Waals surface area contributed by atoms with Crippen molar-refractivity contribution in [2.24, 2.45) is 5.16 Å². The number of allylic oxidation sites excluding steroid dienone is 3. The van der Waals surface area contributed by atoms with E-state index in [0.29, 0.717) is 0 Å². The summed E-state index contributed by atoms with van der Waals surface area (Å²) in [4.78, 5) is 0. The molecule has 0 aliphatic rings. The van der Waals surface area contributed by atoms with Gasteiger partial charge >= 0.3 is 0 Å². The lowest BCUT2D eigenvalue weighted by atomic mass is 10.0. The van der Waals surface area contributed by atoms with Gasteiger partial charge in [0, 0.05) is 0 Å². The molecule has 0 saturated carbocycles. The van der Waals surface area contributed by atoms with Gasteiger partial charge in [-0.2, -0.15) is 0 Å². The Morgan fingerprint density at radius 3 is 2.29 bits per heavy atom. The Labute approximate surface area is 106 Å². The highest BCUT2D eigenvalue weighted by molar-refractivity contribution is 5.77. The number of oxime groups is 1. The van der Waals surface area contributed by atoms with Gasteiger partial charge < -0.3 is 5.21 Å². The average Bonchev–Trinajstić information content (AvgIpc) is 2.28. The first-order valence-electron chi connectivity index (χ1n) is 6.74. The van der Waals surface area contributed by atoms with Crippen molar-refractivity contribution in [3.05, 3.63) is 23.8 Å². The van der Waals surface area contributed by atoms with Gasteiger partial charge in [0.25, 0.3) is 0 Å². The first-order valence-corrected chi connectivity index (χ1v) is 6.74. The molecule has 0 spiro atoms. The predicted molar refractivity (Wildman–Crippen MR) is 75.8 cm³/mol. The molecular weight excluding hydrogens is 210 g/mol. The summed E-state index contributed by atoms with van der Waals surface area (Å²) < 4.78 is 0. The van der Waals surface area contributed by atoms with Gasteiger partial charge in [-0.05, 0) is 25.3 Å². The van der Waals surface area contributed by atoms with Crippen molar-refractivity contribution >= 4 is 6.21 Å². The summed E-state index contributed by atoms with van der Waals surface area (Å²) in [5.41, 5.74) is 2.07. The molecule has 0 aliphatic heterocycles. The number of rotatable bonds is 10. The zero-order valence-corrected chi connectivity index (χ0v) is 11.4. The predicted octanol–water partition coefficient (Wildman–Crippen LogP) is 5.09. The second-order valence-corrected chi connectivity index (χ2v) is 4.66. The molecule has 98 valence electrons. The Morgan fingerprint density at radius 1 is 1.12 bits per heavy atom. The largest absolute Gasteiger partial charge is 0.411 e. The van der Waals surface area contributed by atoms with Crippen LogP contribution >= 0.6 is 0 Å². The Kier molecular flexibility index (Phi) is 10.7. The van der Waals surface area contributed by atoms with Crippen LogP contribution in [0.25, 0.3) is 0 Å². The molecule has 0 aromatic carbocycles. The van der Waals surface area contributed by atoms with Crippen molar-refractivity contribution < 1.29 is 5.21 Å². The minimum Gasteiger partial charge on any atom is -0.411 e. The molecule has 0 amide bonds. The first-order chi connectivity index (χ1) is 8.20. The fourth-order valence-corrected chi connectivity index (χ4v) is 1.83. The lowest BCUT2D eigenvalue weighted by Crippen LogP contribution is -1.84. The van der Waals surface area contributed by atoms with E-state index < -0.39 is 0 Å². The van der Waals surface area contributed by atoms with Gasteiger partial charge in [0.1, 0.15) is 0 Å². The van der Waals surface area contributed by atoms with E-state index >= 15 is 0 Å². The van der Waals surface area contributed by atoms with Crippen LogP contribution in [0, 0.1) is 0 Å². The van der Waals surface area contributed by atoms with E-state index in [1.807, 2.05) is 13.0 Å². The molecule has 0 bridgehead atoms. The molecule has 0 radical (unpaired) electrons. The van der Waals surface area contributed by atoms with Crippen molar-refractivity contribution in [1.82, 2.24) is 0 Å². The summed E-state index contributed by atoms with van der Waals surface area (Å²) in [7, 11) is 0. The van der Waals surface area contributed by atoms with E-state index in [1.54, 1.807) is 0 Å². The third-order valence-electron chi connectivity index (χ3n) is 2.79. The fourth-order valence-electron chi connectivity index (χ4n) is 1.83. The van der Waals surface area contributed by atoms with E-state index in [2.05, 4.69) is 18.7 Å². The van der Waals surface area contributed by atoms with Crippen LogP contribution in [0.1, 0.15) is 65.2 Å². The Balaban J connectivity index is 3.49. The van der Waals surface area contributed by atoms with Crippen LogP contribution in [0.5, 0.6) is 0 Å².